The van der Waals surface area contributed by atoms with Gasteiger partial charge in [0.2, 0.25) is 0 Å². The van der Waals surface area contributed by atoms with E-state index in [-0.39, 0.29) is 29.4 Å². The molecule has 1 aromatic heterocycles. The minimum absolute atomic E-state index is 0. The molecule has 2 unspecified atom stereocenters. The number of ether oxygens (including phenoxy) is 1. The van der Waals surface area contributed by atoms with Crippen molar-refractivity contribution in [3.8, 4) is 5.69 Å². The van der Waals surface area contributed by atoms with Crippen molar-refractivity contribution in [1.29, 1.82) is 0 Å². The highest BCUT2D eigenvalue weighted by atomic mass is 127. The highest BCUT2D eigenvalue weighted by Crippen LogP contribution is 2.48. The molecule has 0 spiro atoms. The van der Waals surface area contributed by atoms with Crippen LogP contribution in [0.3, 0.4) is 0 Å². The van der Waals surface area contributed by atoms with E-state index in [0.29, 0.717) is 18.7 Å². The predicted octanol–water partition coefficient (Wildman–Crippen LogP) is 3.53. The minimum atomic E-state index is 0. The molecule has 1 fully saturated rings. The van der Waals surface area contributed by atoms with Gasteiger partial charge in [-0.1, -0.05) is 32.0 Å². The van der Waals surface area contributed by atoms with Crippen LogP contribution in [0.2, 0.25) is 0 Å². The van der Waals surface area contributed by atoms with Gasteiger partial charge in [-0.15, -0.1) is 34.2 Å². The van der Waals surface area contributed by atoms with E-state index in [1.165, 1.54) is 0 Å². The number of para-hydroxylation sites is 1. The van der Waals surface area contributed by atoms with Gasteiger partial charge < -0.3 is 15.4 Å². The van der Waals surface area contributed by atoms with Crippen molar-refractivity contribution < 1.29 is 4.74 Å². The molecule has 8 heteroatoms. The molecule has 160 valence electrons. The molecule has 2 N–H and O–H groups in total. The number of nitrogens with zero attached hydrogens (tertiary/aromatic N) is 4. The molecule has 7 nitrogen and oxygen atoms in total. The lowest BCUT2D eigenvalue weighted by Gasteiger charge is -2.55. The Morgan fingerprint density at radius 3 is 2.59 bits per heavy atom. The summed E-state index contributed by atoms with van der Waals surface area (Å²) < 4.78 is 7.97. The highest BCUT2D eigenvalue weighted by Gasteiger charge is 2.53. The van der Waals surface area contributed by atoms with Crippen molar-refractivity contribution in [3.63, 3.8) is 0 Å². The quantitative estimate of drug-likeness (QED) is 0.322. The zero-order valence-electron chi connectivity index (χ0n) is 17.8. The maximum Gasteiger partial charge on any atom is 0.191 e. The van der Waals surface area contributed by atoms with Gasteiger partial charge in [0.15, 0.2) is 11.8 Å². The Morgan fingerprint density at radius 1 is 1.24 bits per heavy atom. The first-order chi connectivity index (χ1) is 13.7. The topological polar surface area (TPSA) is 76.4 Å². The molecule has 0 radical (unpaired) electrons. The summed E-state index contributed by atoms with van der Waals surface area (Å²) in [5.41, 5.74) is 1.21. The van der Waals surface area contributed by atoms with Crippen LogP contribution in [-0.2, 0) is 11.3 Å². The van der Waals surface area contributed by atoms with Crippen LogP contribution in [0.15, 0.2) is 41.7 Å². The predicted molar refractivity (Wildman–Crippen MR) is 127 cm³/mol. The summed E-state index contributed by atoms with van der Waals surface area (Å²) in [6.07, 6.45) is 5.25. The molecule has 1 heterocycles. The van der Waals surface area contributed by atoms with Crippen molar-refractivity contribution in [2.75, 3.05) is 13.7 Å². The van der Waals surface area contributed by atoms with E-state index in [9.17, 15) is 0 Å². The Balaban J connectivity index is 0.00000300. The molecular weight excluding hydrogens is 479 g/mol. The van der Waals surface area contributed by atoms with E-state index in [0.717, 1.165) is 43.3 Å². The third-order valence-corrected chi connectivity index (χ3v) is 6.07. The standard InChI is InChI=1S/C21H32N6O.HI/c1-5-21(6-2)17(13-18(21)28-7-3)25-20(22-4)23-14-19-26-24-15-27(19)16-11-9-8-10-12-16;/h8-12,15,17-18H,5-7,13-14H2,1-4H3,(H2,22,23,25);1H. The number of halogens is 1. The van der Waals surface area contributed by atoms with Crippen LogP contribution in [0.1, 0.15) is 45.9 Å². The van der Waals surface area contributed by atoms with Crippen LogP contribution < -0.4 is 10.6 Å². The largest absolute Gasteiger partial charge is 0.378 e. The van der Waals surface area contributed by atoms with Gasteiger partial charge in [0.25, 0.3) is 0 Å². The second kappa shape index (κ2) is 10.9. The number of aliphatic imine (C=N–C) groups is 1. The summed E-state index contributed by atoms with van der Waals surface area (Å²) in [5, 5.41) is 15.3. The molecule has 0 saturated heterocycles. The highest BCUT2D eigenvalue weighted by molar-refractivity contribution is 14.0. The first-order valence-electron chi connectivity index (χ1n) is 10.2. The Kier molecular flexibility index (Phi) is 8.88. The minimum Gasteiger partial charge on any atom is -0.378 e. The van der Waals surface area contributed by atoms with E-state index >= 15 is 0 Å². The monoisotopic (exact) mass is 512 g/mol. The van der Waals surface area contributed by atoms with E-state index in [1.54, 1.807) is 13.4 Å². The fraction of sp³-hybridized carbons (Fsp3) is 0.571. The number of guanidine groups is 1. The Hall–Kier alpha value is -1.68. The summed E-state index contributed by atoms with van der Waals surface area (Å²) >= 11 is 0. The number of nitrogens with one attached hydrogen (secondary N) is 2. The van der Waals surface area contributed by atoms with Gasteiger partial charge in [-0.25, -0.2) is 0 Å². The van der Waals surface area contributed by atoms with Gasteiger partial charge in [0.05, 0.1) is 12.6 Å². The van der Waals surface area contributed by atoms with E-state index in [4.69, 9.17) is 4.74 Å². The molecule has 1 aliphatic carbocycles. The van der Waals surface area contributed by atoms with Crippen LogP contribution in [-0.4, -0.2) is 46.5 Å². The fourth-order valence-corrected chi connectivity index (χ4v) is 4.29. The molecule has 1 aromatic carbocycles. The van der Waals surface area contributed by atoms with Gasteiger partial charge in [0.1, 0.15) is 6.33 Å². The lowest BCUT2D eigenvalue weighted by molar-refractivity contribution is -0.133. The zero-order chi connectivity index (χ0) is 20.0. The number of hydrogen-bond donors (Lipinski definition) is 2. The molecule has 1 saturated carbocycles. The van der Waals surface area contributed by atoms with Crippen LogP contribution in [0.25, 0.3) is 5.69 Å². The van der Waals surface area contributed by atoms with E-state index in [2.05, 4.69) is 46.6 Å². The Bertz CT molecular complexity index is 774. The van der Waals surface area contributed by atoms with Crippen LogP contribution in [0.4, 0.5) is 0 Å². The van der Waals surface area contributed by atoms with Crippen molar-refractivity contribution in [3.05, 3.63) is 42.5 Å². The molecule has 2 atom stereocenters. The van der Waals surface area contributed by atoms with Crippen LogP contribution in [0, 0.1) is 5.41 Å². The van der Waals surface area contributed by atoms with Crippen molar-refractivity contribution >= 4 is 29.9 Å². The number of aromatic nitrogens is 3. The summed E-state index contributed by atoms with van der Waals surface area (Å²) in [5.74, 6) is 1.63. The van der Waals surface area contributed by atoms with Gasteiger partial charge in [-0.3, -0.25) is 9.56 Å². The zero-order valence-corrected chi connectivity index (χ0v) is 20.1. The fourth-order valence-electron chi connectivity index (χ4n) is 4.29. The summed E-state index contributed by atoms with van der Waals surface area (Å²) in [6.45, 7) is 7.88. The molecule has 0 bridgehead atoms. The molecule has 0 amide bonds. The lowest BCUT2D eigenvalue weighted by Crippen LogP contribution is -2.65. The maximum absolute atomic E-state index is 5.98. The normalized spacial score (nSPS) is 20.5. The van der Waals surface area contributed by atoms with Gasteiger partial charge in [-0.2, -0.15) is 0 Å². The van der Waals surface area contributed by atoms with Crippen molar-refractivity contribution in [2.45, 2.75) is 58.7 Å². The van der Waals surface area contributed by atoms with Gasteiger partial charge in [0, 0.05) is 30.8 Å². The lowest BCUT2D eigenvalue weighted by atomic mass is 9.58. The smallest absolute Gasteiger partial charge is 0.191 e. The Morgan fingerprint density at radius 2 is 1.97 bits per heavy atom. The average molecular weight is 512 g/mol. The third kappa shape index (κ3) is 4.91. The second-order valence-corrected chi connectivity index (χ2v) is 7.20. The van der Waals surface area contributed by atoms with Gasteiger partial charge in [-0.05, 0) is 38.3 Å². The first-order valence-corrected chi connectivity index (χ1v) is 10.2. The summed E-state index contributed by atoms with van der Waals surface area (Å²) in [7, 11) is 1.80. The molecule has 2 aromatic rings. The molecule has 1 aliphatic rings. The van der Waals surface area contributed by atoms with E-state index < -0.39 is 0 Å². The third-order valence-electron chi connectivity index (χ3n) is 6.07. The summed E-state index contributed by atoms with van der Waals surface area (Å²) in [6, 6.07) is 10.5. The SMILES string of the molecule is CCOC1CC(NC(=NC)NCc2nncn2-c2ccccc2)C1(CC)CC.I. The number of benzene rings is 1. The first kappa shape index (κ1) is 23.6. The van der Waals surface area contributed by atoms with Crippen LogP contribution >= 0.6 is 24.0 Å². The summed E-state index contributed by atoms with van der Waals surface area (Å²) in [4.78, 5) is 4.41. The van der Waals surface area contributed by atoms with Crippen molar-refractivity contribution in [2.24, 2.45) is 10.4 Å². The van der Waals surface area contributed by atoms with Crippen LogP contribution in [0.5, 0.6) is 0 Å². The van der Waals surface area contributed by atoms with Gasteiger partial charge >= 0.3 is 0 Å². The number of hydrogen-bond acceptors (Lipinski definition) is 4. The molecule has 0 aliphatic heterocycles. The maximum atomic E-state index is 5.98. The molecule has 3 rings (SSSR count). The average Bonchev–Trinajstić information content (AvgIpc) is 3.20. The Labute approximate surface area is 190 Å². The number of rotatable bonds is 8. The van der Waals surface area contributed by atoms with E-state index in [1.807, 2.05) is 34.9 Å². The molecule has 29 heavy (non-hydrogen) atoms. The second-order valence-electron chi connectivity index (χ2n) is 7.20. The van der Waals surface area contributed by atoms with Crippen molar-refractivity contribution in [1.82, 2.24) is 25.4 Å². The molecular formula is C21H33IN6O.